The van der Waals surface area contributed by atoms with Crippen molar-refractivity contribution in [3.63, 3.8) is 0 Å². The monoisotopic (exact) mass is 208 g/mol. The van der Waals surface area contributed by atoms with E-state index < -0.39 is 0 Å². The van der Waals surface area contributed by atoms with Crippen LogP contribution in [0.1, 0.15) is 32.1 Å². The number of rotatable bonds is 0. The van der Waals surface area contributed by atoms with Crippen LogP contribution >= 0.6 is 0 Å². The number of hydrogen-bond donors (Lipinski definition) is 0. The summed E-state index contributed by atoms with van der Waals surface area (Å²) in [5.74, 6) is 2.34. The van der Waals surface area contributed by atoms with Crippen molar-refractivity contribution >= 4 is 0 Å². The van der Waals surface area contributed by atoms with Gasteiger partial charge in [-0.3, -0.25) is 9.80 Å². The van der Waals surface area contributed by atoms with E-state index in [4.69, 9.17) is 0 Å². The minimum atomic E-state index is 1.17. The Morgan fingerprint density at radius 1 is 0.533 bits per heavy atom. The summed E-state index contributed by atoms with van der Waals surface area (Å²) in [6.07, 6.45) is 7.82. The normalized spacial score (nSPS) is 46.4. The summed E-state index contributed by atoms with van der Waals surface area (Å²) >= 11 is 0. The molecule has 3 heterocycles. The van der Waals surface area contributed by atoms with Crippen LogP contribution in [0.5, 0.6) is 0 Å². The molecule has 2 nitrogen and oxygen atoms in total. The van der Waals surface area contributed by atoms with E-state index in [9.17, 15) is 0 Å². The summed E-state index contributed by atoms with van der Waals surface area (Å²) in [5, 5.41) is 0. The van der Waals surface area contributed by atoms with Crippen LogP contribution in [0.2, 0.25) is 0 Å². The zero-order valence-corrected chi connectivity index (χ0v) is 9.83. The average Bonchev–Trinajstić information content (AvgIpc) is 2.97. The van der Waals surface area contributed by atoms with Gasteiger partial charge in [-0.2, -0.15) is 0 Å². The first-order valence-electron chi connectivity index (χ1n) is 6.85. The first kappa shape index (κ1) is 10.1. The molecular formula is C13H24N2. The third-order valence-corrected chi connectivity index (χ3v) is 4.83. The van der Waals surface area contributed by atoms with E-state index in [1.54, 1.807) is 32.1 Å². The lowest BCUT2D eigenvalue weighted by atomic mass is 10.0. The summed E-state index contributed by atoms with van der Waals surface area (Å²) in [7, 11) is 0. The van der Waals surface area contributed by atoms with Gasteiger partial charge in [-0.05, 0) is 18.3 Å². The summed E-state index contributed by atoms with van der Waals surface area (Å²) in [5.41, 5.74) is 0. The van der Waals surface area contributed by atoms with Crippen LogP contribution < -0.4 is 0 Å². The van der Waals surface area contributed by atoms with E-state index in [1.165, 1.54) is 51.1 Å². The van der Waals surface area contributed by atoms with Gasteiger partial charge < -0.3 is 0 Å². The fourth-order valence-electron chi connectivity index (χ4n) is 3.69. The van der Waals surface area contributed by atoms with Crippen molar-refractivity contribution in [1.82, 2.24) is 9.80 Å². The molecule has 15 heavy (non-hydrogen) atoms. The second-order valence-electron chi connectivity index (χ2n) is 5.81. The van der Waals surface area contributed by atoms with Gasteiger partial charge >= 0.3 is 0 Å². The molecule has 4 bridgehead atoms. The standard InChI is InChI=1S/C7H12.C6H12N2/c1-2-7-4-3-6(1)5-7;1-2-8-5-3-7(1)4-6-8/h6-7H,1-5H2;1-6H2. The molecule has 0 radical (unpaired) electrons. The largest absolute Gasteiger partial charge is 0.300 e. The lowest BCUT2D eigenvalue weighted by Crippen LogP contribution is -2.55. The molecule has 5 fully saturated rings. The van der Waals surface area contributed by atoms with Crippen LogP contribution in [0.4, 0.5) is 0 Å². The molecule has 0 aromatic heterocycles. The van der Waals surface area contributed by atoms with E-state index >= 15 is 0 Å². The number of nitrogens with zero attached hydrogens (tertiary/aromatic N) is 2. The molecule has 3 saturated heterocycles. The molecule has 86 valence electrons. The average molecular weight is 208 g/mol. The summed E-state index contributed by atoms with van der Waals surface area (Å²) in [6, 6.07) is 0. The van der Waals surface area contributed by atoms with Gasteiger partial charge in [-0.15, -0.1) is 0 Å². The van der Waals surface area contributed by atoms with Gasteiger partial charge in [0.25, 0.3) is 0 Å². The molecule has 0 amide bonds. The molecule has 2 saturated carbocycles. The van der Waals surface area contributed by atoms with Crippen molar-refractivity contribution in [3.05, 3.63) is 0 Å². The van der Waals surface area contributed by atoms with E-state index in [-0.39, 0.29) is 0 Å². The SMILES string of the molecule is C1CC2CCC1C2.C1CN2CCN1CC2. The zero-order chi connectivity index (χ0) is 10.1. The van der Waals surface area contributed by atoms with Crippen molar-refractivity contribution < 1.29 is 0 Å². The fourth-order valence-corrected chi connectivity index (χ4v) is 3.69. The lowest BCUT2D eigenvalue weighted by Gasteiger charge is -2.41. The summed E-state index contributed by atoms with van der Waals surface area (Å²) in [6.45, 7) is 7.92. The van der Waals surface area contributed by atoms with Crippen LogP contribution in [0.15, 0.2) is 0 Å². The molecule has 0 spiro atoms. The second kappa shape index (κ2) is 4.42. The van der Waals surface area contributed by atoms with Gasteiger partial charge in [0, 0.05) is 39.3 Å². The Bertz CT molecular complexity index is 168. The molecule has 3 aliphatic heterocycles. The Morgan fingerprint density at radius 3 is 1.00 bits per heavy atom. The zero-order valence-electron chi connectivity index (χ0n) is 9.83. The van der Waals surface area contributed by atoms with Crippen molar-refractivity contribution in [1.29, 1.82) is 0 Å². The summed E-state index contributed by atoms with van der Waals surface area (Å²) in [4.78, 5) is 5.08. The maximum Gasteiger partial charge on any atom is 0.0110 e. The molecule has 0 atom stereocenters. The molecule has 0 N–H and O–H groups in total. The molecule has 0 aromatic rings. The molecule has 5 rings (SSSR count). The van der Waals surface area contributed by atoms with Crippen LogP contribution in [0, 0.1) is 11.8 Å². The predicted octanol–water partition coefficient (Wildman–Crippen LogP) is 1.81. The fraction of sp³-hybridized carbons (Fsp3) is 1.00. The van der Waals surface area contributed by atoms with Crippen LogP contribution in [0.3, 0.4) is 0 Å². The van der Waals surface area contributed by atoms with Crippen molar-refractivity contribution in [2.45, 2.75) is 32.1 Å². The molecule has 2 aliphatic carbocycles. The van der Waals surface area contributed by atoms with Crippen molar-refractivity contribution in [2.75, 3.05) is 39.3 Å². The smallest absolute Gasteiger partial charge is 0.0110 e. The molecular weight excluding hydrogens is 184 g/mol. The first-order valence-corrected chi connectivity index (χ1v) is 6.85. The molecule has 2 heteroatoms. The Morgan fingerprint density at radius 2 is 0.867 bits per heavy atom. The number of fused-ring (bicyclic) bond motifs is 5. The van der Waals surface area contributed by atoms with Crippen LogP contribution in [-0.4, -0.2) is 49.1 Å². The van der Waals surface area contributed by atoms with Gasteiger partial charge in [0.15, 0.2) is 0 Å². The Labute approximate surface area is 93.6 Å². The van der Waals surface area contributed by atoms with E-state index in [2.05, 4.69) is 9.80 Å². The van der Waals surface area contributed by atoms with Crippen LogP contribution in [-0.2, 0) is 0 Å². The third-order valence-electron chi connectivity index (χ3n) is 4.83. The quantitative estimate of drug-likeness (QED) is 0.599. The highest BCUT2D eigenvalue weighted by atomic mass is 15.3. The highest BCUT2D eigenvalue weighted by Gasteiger charge is 2.30. The molecule has 0 aromatic carbocycles. The Hall–Kier alpha value is -0.0800. The topological polar surface area (TPSA) is 6.48 Å². The maximum atomic E-state index is 2.54. The predicted molar refractivity (Wildman–Crippen MR) is 62.9 cm³/mol. The van der Waals surface area contributed by atoms with Crippen LogP contribution in [0.25, 0.3) is 0 Å². The molecule has 0 unspecified atom stereocenters. The van der Waals surface area contributed by atoms with Gasteiger partial charge in [-0.1, -0.05) is 25.7 Å². The van der Waals surface area contributed by atoms with Crippen molar-refractivity contribution in [2.24, 2.45) is 11.8 Å². The maximum absolute atomic E-state index is 2.54. The first-order chi connectivity index (χ1) is 7.40. The van der Waals surface area contributed by atoms with Gasteiger partial charge in [0.05, 0.1) is 0 Å². The lowest BCUT2D eigenvalue weighted by molar-refractivity contribution is 0.0647. The number of hydrogen-bond acceptors (Lipinski definition) is 2. The van der Waals surface area contributed by atoms with E-state index in [0.29, 0.717) is 0 Å². The highest BCUT2D eigenvalue weighted by Crippen LogP contribution is 2.43. The minimum Gasteiger partial charge on any atom is -0.300 e. The third kappa shape index (κ3) is 2.36. The second-order valence-corrected chi connectivity index (χ2v) is 5.81. The van der Waals surface area contributed by atoms with Crippen molar-refractivity contribution in [3.8, 4) is 0 Å². The van der Waals surface area contributed by atoms with E-state index in [1.807, 2.05) is 0 Å². The van der Waals surface area contributed by atoms with Gasteiger partial charge in [0.2, 0.25) is 0 Å². The molecule has 5 aliphatic rings. The number of piperazine rings is 3. The summed E-state index contributed by atoms with van der Waals surface area (Å²) < 4.78 is 0. The van der Waals surface area contributed by atoms with E-state index in [0.717, 1.165) is 0 Å². The van der Waals surface area contributed by atoms with Gasteiger partial charge in [0.1, 0.15) is 0 Å². The Kier molecular flexibility index (Phi) is 2.98. The minimum absolute atomic E-state index is 1.17. The highest BCUT2D eigenvalue weighted by molar-refractivity contribution is 4.82. The Balaban J connectivity index is 0.0000000971. The van der Waals surface area contributed by atoms with Gasteiger partial charge in [-0.25, -0.2) is 0 Å².